The van der Waals surface area contributed by atoms with E-state index < -0.39 is 0 Å². The van der Waals surface area contributed by atoms with Crippen LogP contribution in [0.25, 0.3) is 0 Å². The Hall–Kier alpha value is -1.29. The highest BCUT2D eigenvalue weighted by atomic mass is 19.1. The molecule has 3 nitrogen and oxygen atoms in total. The zero-order valence-electron chi connectivity index (χ0n) is 11.9. The predicted octanol–water partition coefficient (Wildman–Crippen LogP) is 2.95. The molecule has 2 aliphatic rings. The van der Waals surface area contributed by atoms with Crippen molar-refractivity contribution in [3.05, 3.63) is 24.0 Å². The van der Waals surface area contributed by atoms with E-state index in [1.807, 2.05) is 12.1 Å². The Kier molecular flexibility index (Phi) is 4.41. The maximum absolute atomic E-state index is 14.2. The van der Waals surface area contributed by atoms with Gasteiger partial charge in [-0.05, 0) is 37.8 Å². The number of ether oxygens (including phenoxy) is 1. The number of nitrogens with one attached hydrogen (secondary N) is 1. The van der Waals surface area contributed by atoms with Crippen molar-refractivity contribution in [2.45, 2.75) is 38.2 Å². The minimum atomic E-state index is -0.166. The zero-order valence-corrected chi connectivity index (χ0v) is 11.9. The molecule has 4 heteroatoms. The zero-order chi connectivity index (χ0) is 13.8. The molecule has 0 unspecified atom stereocenters. The summed E-state index contributed by atoms with van der Waals surface area (Å²) in [5.74, 6) is 0.508. The van der Waals surface area contributed by atoms with E-state index in [2.05, 4.69) is 10.2 Å². The molecule has 1 aliphatic carbocycles. The third kappa shape index (κ3) is 3.23. The Morgan fingerprint density at radius 1 is 1.10 bits per heavy atom. The van der Waals surface area contributed by atoms with Crippen LogP contribution in [0.1, 0.15) is 32.1 Å². The van der Waals surface area contributed by atoms with Crippen molar-refractivity contribution in [3.8, 4) is 5.75 Å². The number of halogens is 1. The quantitative estimate of drug-likeness (QED) is 0.920. The topological polar surface area (TPSA) is 24.5 Å². The smallest absolute Gasteiger partial charge is 0.150 e. The predicted molar refractivity (Wildman–Crippen MR) is 79.0 cm³/mol. The van der Waals surface area contributed by atoms with Gasteiger partial charge in [0.15, 0.2) is 0 Å². The molecule has 110 valence electrons. The van der Waals surface area contributed by atoms with Crippen molar-refractivity contribution < 1.29 is 9.13 Å². The van der Waals surface area contributed by atoms with Crippen LogP contribution in [-0.4, -0.2) is 32.3 Å². The normalized spacial score (nSPS) is 20.9. The molecule has 0 aromatic heterocycles. The van der Waals surface area contributed by atoms with Crippen LogP contribution in [0.3, 0.4) is 0 Å². The van der Waals surface area contributed by atoms with Crippen molar-refractivity contribution in [1.82, 2.24) is 5.32 Å². The lowest BCUT2D eigenvalue weighted by molar-refractivity contribution is 0.154. The second-order valence-electron chi connectivity index (χ2n) is 5.73. The van der Waals surface area contributed by atoms with Crippen molar-refractivity contribution in [3.63, 3.8) is 0 Å². The molecular formula is C16H23FN2O. The van der Waals surface area contributed by atoms with Crippen LogP contribution < -0.4 is 15.0 Å². The van der Waals surface area contributed by atoms with Gasteiger partial charge >= 0.3 is 0 Å². The summed E-state index contributed by atoms with van der Waals surface area (Å²) >= 11 is 0. The van der Waals surface area contributed by atoms with Gasteiger partial charge in [-0.15, -0.1) is 0 Å². The van der Waals surface area contributed by atoms with Gasteiger partial charge in [-0.3, -0.25) is 0 Å². The van der Waals surface area contributed by atoms with Crippen molar-refractivity contribution in [2.24, 2.45) is 0 Å². The fourth-order valence-corrected chi connectivity index (χ4v) is 3.10. The van der Waals surface area contributed by atoms with Crippen LogP contribution in [0.4, 0.5) is 10.1 Å². The molecule has 1 aromatic carbocycles. The molecule has 1 saturated heterocycles. The minimum absolute atomic E-state index is 0.166. The van der Waals surface area contributed by atoms with Crippen molar-refractivity contribution in [2.75, 3.05) is 31.1 Å². The van der Waals surface area contributed by atoms with E-state index in [-0.39, 0.29) is 11.9 Å². The molecule has 1 saturated carbocycles. The number of hydrogen-bond donors (Lipinski definition) is 1. The Morgan fingerprint density at radius 2 is 1.85 bits per heavy atom. The number of benzene rings is 1. The summed E-state index contributed by atoms with van der Waals surface area (Å²) in [6.45, 7) is 3.55. The summed E-state index contributed by atoms with van der Waals surface area (Å²) in [7, 11) is 0. The molecule has 20 heavy (non-hydrogen) atoms. The fraction of sp³-hybridized carbons (Fsp3) is 0.625. The molecule has 0 radical (unpaired) electrons. The molecule has 1 aliphatic heterocycles. The lowest BCUT2D eigenvalue weighted by atomic mass is 9.98. The third-order valence-electron chi connectivity index (χ3n) is 4.23. The number of nitrogens with zero attached hydrogens (tertiary/aromatic N) is 1. The van der Waals surface area contributed by atoms with Gasteiger partial charge in [-0.25, -0.2) is 4.39 Å². The van der Waals surface area contributed by atoms with E-state index in [1.165, 1.54) is 19.3 Å². The lowest BCUT2D eigenvalue weighted by Gasteiger charge is -2.30. The van der Waals surface area contributed by atoms with Crippen LogP contribution in [-0.2, 0) is 0 Å². The van der Waals surface area contributed by atoms with Gasteiger partial charge in [-0.2, -0.15) is 0 Å². The Morgan fingerprint density at radius 3 is 2.55 bits per heavy atom. The van der Waals surface area contributed by atoms with Crippen LogP contribution >= 0.6 is 0 Å². The molecule has 3 rings (SSSR count). The summed E-state index contributed by atoms with van der Waals surface area (Å²) in [5.41, 5.74) is 0.697. The number of piperazine rings is 1. The van der Waals surface area contributed by atoms with Gasteiger partial charge in [-0.1, -0.05) is 6.42 Å². The standard InChI is InChI=1S/C16H23FN2O/c17-15-12-14(20-13-4-2-1-3-5-13)6-7-16(15)19-10-8-18-9-11-19/h6-7,12-13,18H,1-5,8-11H2. The first-order valence-corrected chi connectivity index (χ1v) is 7.75. The van der Waals surface area contributed by atoms with E-state index in [1.54, 1.807) is 6.07 Å². The molecular weight excluding hydrogens is 255 g/mol. The van der Waals surface area contributed by atoms with Gasteiger partial charge in [0.05, 0.1) is 11.8 Å². The average Bonchev–Trinajstić information content (AvgIpc) is 2.49. The van der Waals surface area contributed by atoms with E-state index >= 15 is 0 Å². The first-order valence-electron chi connectivity index (χ1n) is 7.75. The Bertz CT molecular complexity index is 440. The van der Waals surface area contributed by atoms with Crippen LogP contribution in [0, 0.1) is 5.82 Å². The highest BCUT2D eigenvalue weighted by molar-refractivity contribution is 5.51. The fourth-order valence-electron chi connectivity index (χ4n) is 3.10. The molecule has 1 N–H and O–H groups in total. The SMILES string of the molecule is Fc1cc(OC2CCCCC2)ccc1N1CCNCC1. The second kappa shape index (κ2) is 6.44. The van der Waals surface area contributed by atoms with Crippen molar-refractivity contribution >= 4 is 5.69 Å². The molecule has 0 spiro atoms. The summed E-state index contributed by atoms with van der Waals surface area (Å²) in [4.78, 5) is 2.09. The molecule has 1 aromatic rings. The number of anilines is 1. The van der Waals surface area contributed by atoms with Gasteiger partial charge < -0.3 is 15.0 Å². The largest absolute Gasteiger partial charge is 0.490 e. The number of hydrogen-bond acceptors (Lipinski definition) is 3. The van der Waals surface area contributed by atoms with E-state index in [0.717, 1.165) is 39.0 Å². The molecule has 1 heterocycles. The molecule has 0 atom stereocenters. The van der Waals surface area contributed by atoms with E-state index in [9.17, 15) is 4.39 Å². The van der Waals surface area contributed by atoms with Crippen LogP contribution in [0.5, 0.6) is 5.75 Å². The summed E-state index contributed by atoms with van der Waals surface area (Å²) in [5, 5.41) is 3.28. The van der Waals surface area contributed by atoms with Crippen molar-refractivity contribution in [1.29, 1.82) is 0 Å². The molecule has 2 fully saturated rings. The van der Waals surface area contributed by atoms with Crippen LogP contribution in [0.15, 0.2) is 18.2 Å². The van der Waals surface area contributed by atoms with E-state index in [4.69, 9.17) is 4.74 Å². The Labute approximate surface area is 120 Å². The van der Waals surface area contributed by atoms with Gasteiger partial charge in [0.1, 0.15) is 11.6 Å². The third-order valence-corrected chi connectivity index (χ3v) is 4.23. The minimum Gasteiger partial charge on any atom is -0.490 e. The number of rotatable bonds is 3. The maximum Gasteiger partial charge on any atom is 0.150 e. The summed E-state index contributed by atoms with van der Waals surface area (Å²) in [6.07, 6.45) is 6.23. The van der Waals surface area contributed by atoms with E-state index in [0.29, 0.717) is 11.4 Å². The first-order chi connectivity index (χ1) is 9.83. The second-order valence-corrected chi connectivity index (χ2v) is 5.73. The lowest BCUT2D eigenvalue weighted by Crippen LogP contribution is -2.43. The van der Waals surface area contributed by atoms with Gasteiger partial charge in [0, 0.05) is 32.2 Å². The van der Waals surface area contributed by atoms with Gasteiger partial charge in [0.25, 0.3) is 0 Å². The Balaban J connectivity index is 1.66. The maximum atomic E-state index is 14.2. The molecule has 0 amide bonds. The first kappa shape index (κ1) is 13.7. The molecule has 0 bridgehead atoms. The van der Waals surface area contributed by atoms with Gasteiger partial charge in [0.2, 0.25) is 0 Å². The summed E-state index contributed by atoms with van der Waals surface area (Å²) in [6, 6.07) is 5.32. The average molecular weight is 278 g/mol. The monoisotopic (exact) mass is 278 g/mol. The summed E-state index contributed by atoms with van der Waals surface area (Å²) < 4.78 is 20.2. The highest BCUT2D eigenvalue weighted by Crippen LogP contribution is 2.28. The highest BCUT2D eigenvalue weighted by Gasteiger charge is 2.18. The van der Waals surface area contributed by atoms with Crippen LogP contribution in [0.2, 0.25) is 0 Å².